The van der Waals surface area contributed by atoms with E-state index in [1.165, 1.54) is 5.56 Å². The molecule has 0 fully saturated rings. The molecule has 16 heavy (non-hydrogen) atoms. The van der Waals surface area contributed by atoms with E-state index in [-0.39, 0.29) is 5.92 Å². The van der Waals surface area contributed by atoms with Crippen LogP contribution in [0, 0.1) is 5.92 Å². The van der Waals surface area contributed by atoms with Crippen molar-refractivity contribution in [3.05, 3.63) is 22.4 Å². The maximum absolute atomic E-state index is 11.0. The Morgan fingerprint density at radius 3 is 2.81 bits per heavy atom. The van der Waals surface area contributed by atoms with Gasteiger partial charge in [-0.3, -0.25) is 4.79 Å². The predicted molar refractivity (Wildman–Crippen MR) is 66.7 cm³/mol. The molecule has 0 bridgehead atoms. The van der Waals surface area contributed by atoms with Crippen molar-refractivity contribution in [1.29, 1.82) is 0 Å². The zero-order chi connectivity index (χ0) is 11.8. The van der Waals surface area contributed by atoms with Gasteiger partial charge in [-0.15, -0.1) is 0 Å². The molecule has 0 aliphatic carbocycles. The lowest BCUT2D eigenvalue weighted by Gasteiger charge is -2.11. The third kappa shape index (κ3) is 4.77. The predicted octanol–water partition coefficient (Wildman–Crippen LogP) is 2.51. The SMILES string of the molecule is NCCCCC(CCc1ccsc1)C(=O)O. The van der Waals surface area contributed by atoms with Gasteiger partial charge >= 0.3 is 5.97 Å². The van der Waals surface area contributed by atoms with Gasteiger partial charge in [-0.2, -0.15) is 11.3 Å². The second kappa shape index (κ2) is 7.41. The molecule has 0 radical (unpaired) electrons. The summed E-state index contributed by atoms with van der Waals surface area (Å²) in [5.74, 6) is -0.890. The molecule has 3 N–H and O–H groups in total. The number of thiophene rings is 1. The standard InChI is InChI=1S/C12H19NO2S/c13-7-2-1-3-11(12(14)15)5-4-10-6-8-16-9-10/h6,8-9,11H,1-5,7,13H2,(H,14,15). The molecule has 0 saturated carbocycles. The Labute approximate surface area is 100 Å². The van der Waals surface area contributed by atoms with Crippen molar-refractivity contribution in [2.24, 2.45) is 11.7 Å². The molecule has 1 aromatic rings. The first-order chi connectivity index (χ1) is 7.74. The van der Waals surface area contributed by atoms with Crippen molar-refractivity contribution in [1.82, 2.24) is 0 Å². The molecule has 1 unspecified atom stereocenters. The van der Waals surface area contributed by atoms with Gasteiger partial charge in [-0.25, -0.2) is 0 Å². The quantitative estimate of drug-likeness (QED) is 0.687. The van der Waals surface area contributed by atoms with Gasteiger partial charge in [0.1, 0.15) is 0 Å². The van der Waals surface area contributed by atoms with Crippen LogP contribution in [-0.4, -0.2) is 17.6 Å². The smallest absolute Gasteiger partial charge is 0.306 e. The van der Waals surface area contributed by atoms with E-state index in [9.17, 15) is 4.79 Å². The van der Waals surface area contributed by atoms with Crippen molar-refractivity contribution in [2.75, 3.05) is 6.54 Å². The van der Waals surface area contributed by atoms with E-state index in [0.717, 1.165) is 32.1 Å². The summed E-state index contributed by atoms with van der Waals surface area (Å²) < 4.78 is 0. The number of carboxylic acid groups (broad SMARTS) is 1. The first kappa shape index (κ1) is 13.2. The summed E-state index contributed by atoms with van der Waals surface area (Å²) in [5.41, 5.74) is 6.64. The molecule has 4 heteroatoms. The van der Waals surface area contributed by atoms with E-state index in [4.69, 9.17) is 10.8 Å². The first-order valence-electron chi connectivity index (χ1n) is 5.68. The summed E-state index contributed by atoms with van der Waals surface area (Å²) in [6.07, 6.45) is 4.18. The van der Waals surface area contributed by atoms with Crippen LogP contribution in [0.25, 0.3) is 0 Å². The molecule has 1 rings (SSSR count). The minimum atomic E-state index is -0.674. The number of unbranched alkanes of at least 4 members (excludes halogenated alkanes) is 1. The monoisotopic (exact) mass is 241 g/mol. The van der Waals surface area contributed by atoms with E-state index in [1.807, 2.05) is 5.38 Å². The fourth-order valence-corrected chi connectivity index (χ4v) is 2.41. The third-order valence-electron chi connectivity index (χ3n) is 2.72. The van der Waals surface area contributed by atoms with Gasteiger partial charge in [0, 0.05) is 0 Å². The van der Waals surface area contributed by atoms with Crippen LogP contribution in [0.3, 0.4) is 0 Å². The van der Waals surface area contributed by atoms with Crippen LogP contribution >= 0.6 is 11.3 Å². The largest absolute Gasteiger partial charge is 0.481 e. The van der Waals surface area contributed by atoms with Gasteiger partial charge in [0.25, 0.3) is 0 Å². The number of carbonyl (C=O) groups is 1. The van der Waals surface area contributed by atoms with Crippen LogP contribution in [0.15, 0.2) is 16.8 Å². The molecular formula is C12H19NO2S. The van der Waals surface area contributed by atoms with Gasteiger partial charge in [-0.05, 0) is 54.6 Å². The minimum absolute atomic E-state index is 0.216. The van der Waals surface area contributed by atoms with E-state index < -0.39 is 5.97 Å². The summed E-state index contributed by atoms with van der Waals surface area (Å²) >= 11 is 1.66. The molecular weight excluding hydrogens is 222 g/mol. The lowest BCUT2D eigenvalue weighted by molar-refractivity contribution is -0.142. The van der Waals surface area contributed by atoms with Gasteiger partial charge in [-0.1, -0.05) is 6.42 Å². The number of nitrogens with two attached hydrogens (primary N) is 1. The normalized spacial score (nSPS) is 12.6. The van der Waals surface area contributed by atoms with Crippen LogP contribution < -0.4 is 5.73 Å². The molecule has 1 atom stereocenters. The highest BCUT2D eigenvalue weighted by molar-refractivity contribution is 7.07. The van der Waals surface area contributed by atoms with Gasteiger partial charge in [0.2, 0.25) is 0 Å². The van der Waals surface area contributed by atoms with Crippen molar-refractivity contribution >= 4 is 17.3 Å². The molecule has 90 valence electrons. The highest BCUT2D eigenvalue weighted by Crippen LogP contribution is 2.17. The average Bonchev–Trinajstić information content (AvgIpc) is 2.75. The zero-order valence-corrected chi connectivity index (χ0v) is 10.2. The molecule has 1 aromatic heterocycles. The van der Waals surface area contributed by atoms with Crippen LogP contribution in [0.4, 0.5) is 0 Å². The molecule has 0 saturated heterocycles. The Hall–Kier alpha value is -0.870. The lowest BCUT2D eigenvalue weighted by Crippen LogP contribution is -2.15. The molecule has 0 aromatic carbocycles. The fraction of sp³-hybridized carbons (Fsp3) is 0.583. The Morgan fingerprint density at radius 2 is 2.25 bits per heavy atom. The van der Waals surface area contributed by atoms with Crippen LogP contribution in [0.5, 0.6) is 0 Å². The zero-order valence-electron chi connectivity index (χ0n) is 9.39. The van der Waals surface area contributed by atoms with Crippen molar-refractivity contribution < 1.29 is 9.90 Å². The maximum atomic E-state index is 11.0. The van der Waals surface area contributed by atoms with Gasteiger partial charge in [0.05, 0.1) is 5.92 Å². The van der Waals surface area contributed by atoms with E-state index >= 15 is 0 Å². The number of hydrogen-bond donors (Lipinski definition) is 2. The summed E-state index contributed by atoms with van der Waals surface area (Å²) in [6, 6.07) is 2.06. The lowest BCUT2D eigenvalue weighted by atomic mass is 9.95. The number of aryl methyl sites for hydroxylation is 1. The van der Waals surface area contributed by atoms with Crippen LogP contribution in [0.1, 0.15) is 31.2 Å². The van der Waals surface area contributed by atoms with E-state index in [2.05, 4.69) is 11.4 Å². The van der Waals surface area contributed by atoms with Crippen molar-refractivity contribution in [2.45, 2.75) is 32.1 Å². The highest BCUT2D eigenvalue weighted by Gasteiger charge is 2.16. The summed E-state index contributed by atoms with van der Waals surface area (Å²) in [6.45, 7) is 0.650. The third-order valence-corrected chi connectivity index (χ3v) is 3.45. The van der Waals surface area contributed by atoms with E-state index in [1.54, 1.807) is 11.3 Å². The second-order valence-corrected chi connectivity index (χ2v) is 4.77. The molecule has 0 aliphatic heterocycles. The Morgan fingerprint density at radius 1 is 1.44 bits per heavy atom. The Kier molecular flexibility index (Phi) is 6.11. The topological polar surface area (TPSA) is 63.3 Å². The maximum Gasteiger partial charge on any atom is 0.306 e. The molecule has 3 nitrogen and oxygen atoms in total. The summed E-state index contributed by atoms with van der Waals surface area (Å²) in [4.78, 5) is 11.0. The van der Waals surface area contributed by atoms with Gasteiger partial charge < -0.3 is 10.8 Å². The Balaban J connectivity index is 2.30. The van der Waals surface area contributed by atoms with Crippen molar-refractivity contribution in [3.8, 4) is 0 Å². The second-order valence-electron chi connectivity index (χ2n) is 3.99. The molecule has 0 aliphatic rings. The highest BCUT2D eigenvalue weighted by atomic mass is 32.1. The minimum Gasteiger partial charge on any atom is -0.481 e. The fourth-order valence-electron chi connectivity index (χ4n) is 1.70. The number of hydrogen-bond acceptors (Lipinski definition) is 3. The van der Waals surface area contributed by atoms with Crippen LogP contribution in [-0.2, 0) is 11.2 Å². The number of carboxylic acids is 1. The summed E-state index contributed by atoms with van der Waals surface area (Å²) in [5, 5.41) is 13.2. The first-order valence-corrected chi connectivity index (χ1v) is 6.62. The number of rotatable bonds is 8. The number of aliphatic carboxylic acids is 1. The Bertz CT molecular complexity index is 298. The molecule has 0 amide bonds. The molecule has 0 spiro atoms. The summed E-state index contributed by atoms with van der Waals surface area (Å²) in [7, 11) is 0. The average molecular weight is 241 g/mol. The van der Waals surface area contributed by atoms with Crippen molar-refractivity contribution in [3.63, 3.8) is 0 Å². The molecule has 1 heterocycles. The van der Waals surface area contributed by atoms with E-state index in [0.29, 0.717) is 6.54 Å². The van der Waals surface area contributed by atoms with Gasteiger partial charge in [0.15, 0.2) is 0 Å². The van der Waals surface area contributed by atoms with Crippen LogP contribution in [0.2, 0.25) is 0 Å².